The van der Waals surface area contributed by atoms with Crippen molar-refractivity contribution in [3.63, 3.8) is 0 Å². The molecule has 0 radical (unpaired) electrons. The Morgan fingerprint density at radius 3 is 2.25 bits per heavy atom. The summed E-state index contributed by atoms with van der Waals surface area (Å²) in [6.45, 7) is 0.665. The van der Waals surface area contributed by atoms with Gasteiger partial charge in [0.25, 0.3) is 0 Å². The largest absolute Gasteiger partial charge is 0.465 e. The molecule has 0 aromatic heterocycles. The van der Waals surface area contributed by atoms with Crippen molar-refractivity contribution in [2.45, 2.75) is 31.7 Å². The number of carbonyl (C=O) groups excluding carboxylic acids is 2. The smallest absolute Gasteiger partial charge is 0.337 e. The van der Waals surface area contributed by atoms with Crippen LogP contribution in [0.3, 0.4) is 0 Å². The fraction of sp³-hybridized carbons (Fsp3) is 0.467. The van der Waals surface area contributed by atoms with Gasteiger partial charge in [-0.1, -0.05) is 25.0 Å². The normalized spacial score (nSPS) is 11.9. The van der Waals surface area contributed by atoms with E-state index in [2.05, 4.69) is 4.74 Å². The molecule has 4 N–H and O–H groups in total. The third kappa shape index (κ3) is 4.75. The van der Waals surface area contributed by atoms with Gasteiger partial charge in [0.05, 0.1) is 18.7 Å². The Morgan fingerprint density at radius 1 is 1.10 bits per heavy atom. The molecule has 1 aromatic rings. The van der Waals surface area contributed by atoms with Crippen LogP contribution in [0.2, 0.25) is 0 Å². The van der Waals surface area contributed by atoms with E-state index in [1.165, 1.54) is 7.11 Å². The molecule has 1 rings (SSSR count). The number of ketones is 1. The van der Waals surface area contributed by atoms with Crippen LogP contribution in [0.25, 0.3) is 0 Å². The van der Waals surface area contributed by atoms with Crippen LogP contribution in [0.1, 0.15) is 46.4 Å². The summed E-state index contributed by atoms with van der Waals surface area (Å²) in [5.74, 6) is -0.524. The van der Waals surface area contributed by atoms with Crippen molar-refractivity contribution in [1.82, 2.24) is 0 Å². The van der Waals surface area contributed by atoms with Gasteiger partial charge in [-0.2, -0.15) is 0 Å². The minimum atomic E-state index is -0.503. The second-order valence-corrected chi connectivity index (χ2v) is 4.68. The van der Waals surface area contributed by atoms with E-state index in [4.69, 9.17) is 11.5 Å². The molecular formula is C15H22N2O3. The first kappa shape index (κ1) is 16.3. The zero-order chi connectivity index (χ0) is 15.0. The van der Waals surface area contributed by atoms with Crippen LogP contribution in [0.4, 0.5) is 0 Å². The van der Waals surface area contributed by atoms with E-state index in [1.54, 1.807) is 24.3 Å². The molecule has 5 heteroatoms. The summed E-state index contributed by atoms with van der Waals surface area (Å²) in [6.07, 6.45) is 3.48. The van der Waals surface area contributed by atoms with Gasteiger partial charge in [-0.25, -0.2) is 4.79 Å². The average molecular weight is 278 g/mol. The molecule has 0 amide bonds. The Bertz CT molecular complexity index is 443. The SMILES string of the molecule is COC(=O)c1ccc(C(=O)C(N)CCCCCN)cc1. The first-order valence-electron chi connectivity index (χ1n) is 6.78. The van der Waals surface area contributed by atoms with Gasteiger partial charge >= 0.3 is 5.97 Å². The standard InChI is InChI=1S/C15H22N2O3/c1-20-15(19)12-8-6-11(7-9-12)14(18)13(17)5-3-2-4-10-16/h6-9,13H,2-5,10,16-17H2,1H3. The third-order valence-corrected chi connectivity index (χ3v) is 3.15. The Balaban J connectivity index is 2.56. The number of hydrogen-bond acceptors (Lipinski definition) is 5. The number of benzene rings is 1. The first-order valence-corrected chi connectivity index (χ1v) is 6.78. The number of carbonyl (C=O) groups is 2. The maximum Gasteiger partial charge on any atom is 0.337 e. The Hall–Kier alpha value is -1.72. The van der Waals surface area contributed by atoms with Crippen LogP contribution < -0.4 is 11.5 Å². The average Bonchev–Trinajstić information content (AvgIpc) is 2.50. The van der Waals surface area contributed by atoms with Gasteiger partial charge in [0.2, 0.25) is 0 Å². The predicted octanol–water partition coefficient (Wildman–Crippen LogP) is 1.50. The predicted molar refractivity (Wildman–Crippen MR) is 77.6 cm³/mol. The van der Waals surface area contributed by atoms with Gasteiger partial charge in [0.15, 0.2) is 5.78 Å². The molecule has 0 saturated heterocycles. The quantitative estimate of drug-likeness (QED) is 0.427. The minimum absolute atomic E-state index is 0.103. The summed E-state index contributed by atoms with van der Waals surface area (Å²) in [7, 11) is 1.32. The van der Waals surface area contributed by atoms with Crippen molar-refractivity contribution in [3.8, 4) is 0 Å². The lowest BCUT2D eigenvalue weighted by Crippen LogP contribution is -2.30. The number of nitrogens with two attached hydrogens (primary N) is 2. The highest BCUT2D eigenvalue weighted by Gasteiger charge is 2.16. The molecular weight excluding hydrogens is 256 g/mol. The van der Waals surface area contributed by atoms with Crippen molar-refractivity contribution < 1.29 is 14.3 Å². The van der Waals surface area contributed by atoms with Crippen molar-refractivity contribution in [2.24, 2.45) is 11.5 Å². The van der Waals surface area contributed by atoms with Crippen LogP contribution in [-0.2, 0) is 4.74 Å². The first-order chi connectivity index (χ1) is 9.60. The summed E-state index contributed by atoms with van der Waals surface area (Å²) in [5, 5.41) is 0. The van der Waals surface area contributed by atoms with Crippen molar-refractivity contribution in [3.05, 3.63) is 35.4 Å². The summed E-state index contributed by atoms with van der Waals surface area (Å²) >= 11 is 0. The van der Waals surface area contributed by atoms with Crippen LogP contribution in [-0.4, -0.2) is 31.4 Å². The molecule has 0 aliphatic heterocycles. The van der Waals surface area contributed by atoms with E-state index >= 15 is 0 Å². The zero-order valence-electron chi connectivity index (χ0n) is 11.8. The molecule has 5 nitrogen and oxygen atoms in total. The lowest BCUT2D eigenvalue weighted by Gasteiger charge is -2.10. The topological polar surface area (TPSA) is 95.4 Å². The Kier molecular flexibility index (Phi) is 6.90. The highest BCUT2D eigenvalue weighted by Crippen LogP contribution is 2.11. The molecule has 0 spiro atoms. The summed E-state index contributed by atoms with van der Waals surface area (Å²) in [6, 6.07) is 5.85. The number of Topliss-reactive ketones (excluding diaryl/α,β-unsaturated/α-hetero) is 1. The van der Waals surface area contributed by atoms with E-state index in [9.17, 15) is 9.59 Å². The summed E-state index contributed by atoms with van der Waals surface area (Å²) in [5.41, 5.74) is 12.2. The molecule has 0 aliphatic carbocycles. The molecule has 110 valence electrons. The fourth-order valence-electron chi connectivity index (χ4n) is 1.92. The molecule has 0 aliphatic rings. The minimum Gasteiger partial charge on any atom is -0.465 e. The van der Waals surface area contributed by atoms with E-state index in [0.717, 1.165) is 19.3 Å². The lowest BCUT2D eigenvalue weighted by molar-refractivity contribution is 0.0600. The number of rotatable bonds is 8. The van der Waals surface area contributed by atoms with Gasteiger partial charge < -0.3 is 16.2 Å². The second kappa shape index (κ2) is 8.45. The Morgan fingerprint density at radius 2 is 1.70 bits per heavy atom. The van der Waals surface area contributed by atoms with Crippen LogP contribution >= 0.6 is 0 Å². The summed E-state index contributed by atoms with van der Waals surface area (Å²) in [4.78, 5) is 23.4. The van der Waals surface area contributed by atoms with Gasteiger partial charge in [-0.05, 0) is 31.5 Å². The molecule has 0 bridgehead atoms. The number of unbranched alkanes of at least 4 members (excludes halogenated alkanes) is 2. The fourth-order valence-corrected chi connectivity index (χ4v) is 1.92. The van der Waals surface area contributed by atoms with Crippen molar-refractivity contribution in [2.75, 3.05) is 13.7 Å². The van der Waals surface area contributed by atoms with E-state index in [0.29, 0.717) is 24.1 Å². The second-order valence-electron chi connectivity index (χ2n) is 4.68. The molecule has 0 fully saturated rings. The molecule has 1 atom stereocenters. The number of hydrogen-bond donors (Lipinski definition) is 2. The molecule has 20 heavy (non-hydrogen) atoms. The number of methoxy groups -OCH3 is 1. The van der Waals surface area contributed by atoms with Crippen LogP contribution in [0.15, 0.2) is 24.3 Å². The van der Waals surface area contributed by atoms with Crippen molar-refractivity contribution in [1.29, 1.82) is 0 Å². The van der Waals surface area contributed by atoms with Crippen LogP contribution in [0.5, 0.6) is 0 Å². The van der Waals surface area contributed by atoms with Gasteiger partial charge in [0.1, 0.15) is 0 Å². The molecule has 0 saturated carbocycles. The Labute approximate surface area is 119 Å². The zero-order valence-corrected chi connectivity index (χ0v) is 11.8. The summed E-state index contributed by atoms with van der Waals surface area (Å²) < 4.78 is 4.60. The lowest BCUT2D eigenvalue weighted by atomic mass is 9.99. The third-order valence-electron chi connectivity index (χ3n) is 3.15. The maximum absolute atomic E-state index is 12.1. The van der Waals surface area contributed by atoms with E-state index < -0.39 is 12.0 Å². The molecule has 0 heterocycles. The van der Waals surface area contributed by atoms with Gasteiger partial charge in [-0.3, -0.25) is 4.79 Å². The monoisotopic (exact) mass is 278 g/mol. The van der Waals surface area contributed by atoms with E-state index in [-0.39, 0.29) is 5.78 Å². The highest BCUT2D eigenvalue weighted by molar-refractivity contribution is 6.00. The number of esters is 1. The van der Waals surface area contributed by atoms with Gasteiger partial charge in [0, 0.05) is 5.56 Å². The number of ether oxygens (including phenoxy) is 1. The molecule has 1 aromatic carbocycles. The van der Waals surface area contributed by atoms with Crippen molar-refractivity contribution >= 4 is 11.8 Å². The molecule has 1 unspecified atom stereocenters. The van der Waals surface area contributed by atoms with Gasteiger partial charge in [-0.15, -0.1) is 0 Å². The maximum atomic E-state index is 12.1. The highest BCUT2D eigenvalue weighted by atomic mass is 16.5. The van der Waals surface area contributed by atoms with Crippen LogP contribution in [0, 0.1) is 0 Å². The van der Waals surface area contributed by atoms with E-state index in [1.807, 2.05) is 0 Å².